The van der Waals surface area contributed by atoms with Crippen LogP contribution in [-0.4, -0.2) is 24.1 Å². The van der Waals surface area contributed by atoms with Gasteiger partial charge in [-0.05, 0) is 49.4 Å². The molecule has 5 nitrogen and oxygen atoms in total. The summed E-state index contributed by atoms with van der Waals surface area (Å²) in [4.78, 5) is 16.6. The molecule has 1 heterocycles. The smallest absolute Gasteiger partial charge is 0.266 e. The molecule has 1 atom stereocenters. The van der Waals surface area contributed by atoms with E-state index in [9.17, 15) is 4.79 Å². The van der Waals surface area contributed by atoms with Gasteiger partial charge in [0.15, 0.2) is 11.2 Å². The van der Waals surface area contributed by atoms with Gasteiger partial charge in [-0.1, -0.05) is 22.9 Å². The average Bonchev–Trinajstić information content (AvgIpc) is 2.96. The monoisotopic (exact) mass is 362 g/mol. The number of amides is 1. The molecule has 0 saturated heterocycles. The molecule has 0 saturated carbocycles. The molecule has 1 aromatic heterocycles. The number of hydrogen-bond acceptors (Lipinski definition) is 5. The number of anilines is 1. The van der Waals surface area contributed by atoms with Gasteiger partial charge >= 0.3 is 0 Å². The number of benzene rings is 2. The molecule has 124 valence electrons. The van der Waals surface area contributed by atoms with Crippen LogP contribution in [-0.2, 0) is 4.79 Å². The number of halogens is 1. The van der Waals surface area contributed by atoms with Crippen LogP contribution in [0.2, 0.25) is 5.02 Å². The number of carbonyl (C=O) groups excluding carboxylic acids is 1. The highest BCUT2D eigenvalue weighted by Crippen LogP contribution is 2.28. The fraction of sp³-hybridized carbons (Fsp3) is 0.176. The maximum Gasteiger partial charge on any atom is 0.266 e. The van der Waals surface area contributed by atoms with Crippen LogP contribution in [0, 0.1) is 0 Å². The second-order valence-electron chi connectivity index (χ2n) is 5.06. The first-order chi connectivity index (χ1) is 11.5. The molecule has 1 unspecified atom stereocenters. The van der Waals surface area contributed by atoms with Crippen molar-refractivity contribution in [2.45, 2.75) is 13.0 Å². The third-order valence-corrected chi connectivity index (χ3v) is 4.49. The normalized spacial score (nSPS) is 12.0. The summed E-state index contributed by atoms with van der Waals surface area (Å²) in [6.45, 7) is 1.68. The van der Waals surface area contributed by atoms with Crippen LogP contribution in [0.3, 0.4) is 0 Å². The fourth-order valence-electron chi connectivity index (χ4n) is 2.07. The summed E-state index contributed by atoms with van der Waals surface area (Å²) in [5, 5.41) is 3.92. The summed E-state index contributed by atoms with van der Waals surface area (Å²) in [6.07, 6.45) is -0.658. The van der Waals surface area contributed by atoms with Crippen molar-refractivity contribution in [3.8, 4) is 11.5 Å². The molecular weight excluding hydrogens is 348 g/mol. The third kappa shape index (κ3) is 3.77. The summed E-state index contributed by atoms with van der Waals surface area (Å²) >= 11 is 7.33. The van der Waals surface area contributed by atoms with E-state index >= 15 is 0 Å². The number of ether oxygens (including phenoxy) is 2. The summed E-state index contributed by atoms with van der Waals surface area (Å²) in [6, 6.07) is 12.5. The molecule has 1 amide bonds. The van der Waals surface area contributed by atoms with Crippen LogP contribution in [0.5, 0.6) is 11.5 Å². The summed E-state index contributed by atoms with van der Waals surface area (Å²) in [7, 11) is 1.59. The van der Waals surface area contributed by atoms with Gasteiger partial charge in [0.2, 0.25) is 0 Å². The lowest BCUT2D eigenvalue weighted by Gasteiger charge is -2.13. The molecule has 0 aliphatic heterocycles. The molecule has 0 fully saturated rings. The van der Waals surface area contributed by atoms with Crippen molar-refractivity contribution < 1.29 is 14.3 Å². The Morgan fingerprint density at radius 1 is 1.21 bits per heavy atom. The first-order valence-corrected chi connectivity index (χ1v) is 8.42. The van der Waals surface area contributed by atoms with E-state index in [1.165, 1.54) is 11.3 Å². The van der Waals surface area contributed by atoms with E-state index in [-0.39, 0.29) is 5.91 Å². The van der Waals surface area contributed by atoms with E-state index < -0.39 is 6.10 Å². The Hall–Kier alpha value is -2.31. The maximum atomic E-state index is 12.3. The summed E-state index contributed by atoms with van der Waals surface area (Å²) < 4.78 is 11.6. The topological polar surface area (TPSA) is 60.5 Å². The van der Waals surface area contributed by atoms with Gasteiger partial charge in [-0.3, -0.25) is 10.1 Å². The van der Waals surface area contributed by atoms with Crippen molar-refractivity contribution in [1.82, 2.24) is 4.98 Å². The minimum atomic E-state index is -0.658. The molecule has 3 aromatic rings. The van der Waals surface area contributed by atoms with Gasteiger partial charge in [0.05, 0.1) is 17.3 Å². The van der Waals surface area contributed by atoms with Crippen molar-refractivity contribution in [2.75, 3.05) is 12.4 Å². The SMILES string of the molecule is COc1ccc(OC(C)C(=O)Nc2nc3ccc(Cl)cc3s2)cc1. The first-order valence-electron chi connectivity index (χ1n) is 7.23. The number of fused-ring (bicyclic) bond motifs is 1. The number of hydrogen-bond donors (Lipinski definition) is 1. The molecule has 0 aliphatic rings. The van der Waals surface area contributed by atoms with E-state index in [1.807, 2.05) is 12.1 Å². The zero-order valence-electron chi connectivity index (χ0n) is 13.1. The Labute approximate surface area is 148 Å². The van der Waals surface area contributed by atoms with E-state index in [2.05, 4.69) is 10.3 Å². The van der Waals surface area contributed by atoms with E-state index in [1.54, 1.807) is 44.4 Å². The van der Waals surface area contributed by atoms with Crippen LogP contribution in [0.25, 0.3) is 10.2 Å². The van der Waals surface area contributed by atoms with E-state index in [0.717, 1.165) is 16.0 Å². The van der Waals surface area contributed by atoms with Crippen molar-refractivity contribution >= 4 is 44.2 Å². The predicted molar refractivity (Wildman–Crippen MR) is 96.3 cm³/mol. The quantitative estimate of drug-likeness (QED) is 0.732. The van der Waals surface area contributed by atoms with Crippen molar-refractivity contribution in [1.29, 1.82) is 0 Å². The third-order valence-electron chi connectivity index (χ3n) is 3.32. The zero-order chi connectivity index (χ0) is 17.1. The van der Waals surface area contributed by atoms with Gasteiger partial charge in [0, 0.05) is 5.02 Å². The van der Waals surface area contributed by atoms with E-state index in [0.29, 0.717) is 15.9 Å². The Kier molecular flexibility index (Phi) is 4.87. The van der Waals surface area contributed by atoms with Crippen LogP contribution in [0.1, 0.15) is 6.92 Å². The number of methoxy groups -OCH3 is 1. The van der Waals surface area contributed by atoms with Gasteiger partial charge < -0.3 is 9.47 Å². The van der Waals surface area contributed by atoms with Crippen molar-refractivity contribution in [2.24, 2.45) is 0 Å². The first kappa shape index (κ1) is 16.5. The average molecular weight is 363 g/mol. The number of rotatable bonds is 5. The standard InChI is InChI=1S/C17H15ClN2O3S/c1-10(23-13-6-4-12(22-2)5-7-13)16(21)20-17-19-14-8-3-11(18)9-15(14)24-17/h3-10H,1-2H3,(H,19,20,21). The molecule has 2 aromatic carbocycles. The lowest BCUT2D eigenvalue weighted by Crippen LogP contribution is -2.30. The predicted octanol–water partition coefficient (Wildman–Crippen LogP) is 4.36. The molecule has 3 rings (SSSR count). The number of nitrogens with zero attached hydrogens (tertiary/aromatic N) is 1. The highest BCUT2D eigenvalue weighted by Gasteiger charge is 2.17. The van der Waals surface area contributed by atoms with Crippen LogP contribution < -0.4 is 14.8 Å². The van der Waals surface area contributed by atoms with Crippen LogP contribution in [0.4, 0.5) is 5.13 Å². The largest absolute Gasteiger partial charge is 0.497 e. The molecule has 0 spiro atoms. The lowest BCUT2D eigenvalue weighted by atomic mass is 10.3. The Morgan fingerprint density at radius 2 is 1.92 bits per heavy atom. The van der Waals surface area contributed by atoms with Gasteiger partial charge in [0.1, 0.15) is 11.5 Å². The Bertz CT molecular complexity index is 864. The van der Waals surface area contributed by atoms with Crippen LogP contribution in [0.15, 0.2) is 42.5 Å². The second-order valence-corrected chi connectivity index (χ2v) is 6.52. The number of nitrogens with one attached hydrogen (secondary N) is 1. The maximum absolute atomic E-state index is 12.3. The molecule has 1 N–H and O–H groups in total. The zero-order valence-corrected chi connectivity index (χ0v) is 14.6. The number of thiazole rings is 1. The van der Waals surface area contributed by atoms with Gasteiger partial charge in [-0.25, -0.2) is 4.98 Å². The van der Waals surface area contributed by atoms with Gasteiger partial charge in [0.25, 0.3) is 5.91 Å². The summed E-state index contributed by atoms with van der Waals surface area (Å²) in [5.74, 6) is 1.05. The Balaban J connectivity index is 1.65. The minimum absolute atomic E-state index is 0.268. The number of carbonyl (C=O) groups is 1. The highest BCUT2D eigenvalue weighted by atomic mass is 35.5. The molecule has 0 bridgehead atoms. The summed E-state index contributed by atoms with van der Waals surface area (Å²) in [5.41, 5.74) is 0.795. The molecule has 0 aliphatic carbocycles. The minimum Gasteiger partial charge on any atom is -0.497 e. The van der Waals surface area contributed by atoms with Crippen molar-refractivity contribution in [3.63, 3.8) is 0 Å². The second kappa shape index (κ2) is 7.07. The van der Waals surface area contributed by atoms with E-state index in [4.69, 9.17) is 21.1 Å². The van der Waals surface area contributed by atoms with Crippen molar-refractivity contribution in [3.05, 3.63) is 47.5 Å². The highest BCUT2D eigenvalue weighted by molar-refractivity contribution is 7.22. The molecule has 24 heavy (non-hydrogen) atoms. The number of aromatic nitrogens is 1. The van der Waals surface area contributed by atoms with Gasteiger partial charge in [-0.2, -0.15) is 0 Å². The van der Waals surface area contributed by atoms with Crippen LogP contribution >= 0.6 is 22.9 Å². The molecular formula is C17H15ClN2O3S. The molecule has 7 heteroatoms. The van der Waals surface area contributed by atoms with Gasteiger partial charge in [-0.15, -0.1) is 0 Å². The Morgan fingerprint density at radius 3 is 2.62 bits per heavy atom. The fourth-order valence-corrected chi connectivity index (χ4v) is 3.22. The lowest BCUT2D eigenvalue weighted by molar-refractivity contribution is -0.122. The molecule has 0 radical (unpaired) electrons.